The van der Waals surface area contributed by atoms with E-state index in [9.17, 15) is 4.79 Å². The molecule has 96 valence electrons. The van der Waals surface area contributed by atoms with Gasteiger partial charge in [-0.1, -0.05) is 31.4 Å². The molecule has 1 aliphatic heterocycles. The quantitative estimate of drug-likeness (QED) is 0.856. The average molecular weight is 244 g/mol. The Morgan fingerprint density at radius 2 is 2.22 bits per heavy atom. The fourth-order valence-electron chi connectivity index (χ4n) is 2.88. The van der Waals surface area contributed by atoms with Crippen LogP contribution < -0.4 is 11.1 Å². The fourth-order valence-corrected chi connectivity index (χ4v) is 2.88. The molecule has 3 rings (SSSR count). The lowest BCUT2D eigenvalue weighted by atomic mass is 9.79. The van der Waals surface area contributed by atoms with Crippen LogP contribution in [0.15, 0.2) is 18.2 Å². The van der Waals surface area contributed by atoms with Crippen molar-refractivity contribution in [1.82, 2.24) is 5.32 Å². The van der Waals surface area contributed by atoms with Crippen molar-refractivity contribution in [3.05, 3.63) is 34.9 Å². The highest BCUT2D eigenvalue weighted by Gasteiger charge is 2.23. The van der Waals surface area contributed by atoms with E-state index in [4.69, 9.17) is 5.73 Å². The second-order valence-electron chi connectivity index (χ2n) is 5.56. The van der Waals surface area contributed by atoms with Crippen LogP contribution in [-0.2, 0) is 6.42 Å². The zero-order chi connectivity index (χ0) is 12.5. The molecule has 1 aliphatic carbocycles. The molecule has 1 amide bonds. The summed E-state index contributed by atoms with van der Waals surface area (Å²) in [5.74, 6) is 0.846. The highest BCUT2D eigenvalue weighted by Crippen LogP contribution is 2.34. The number of rotatable bonds is 3. The minimum absolute atomic E-state index is 0.0499. The topological polar surface area (TPSA) is 55.1 Å². The van der Waals surface area contributed by atoms with E-state index < -0.39 is 0 Å². The highest BCUT2D eigenvalue weighted by atomic mass is 16.1. The molecule has 1 heterocycles. The Labute approximate surface area is 108 Å². The average Bonchev–Trinajstić information content (AvgIpc) is 2.34. The van der Waals surface area contributed by atoms with E-state index in [2.05, 4.69) is 17.4 Å². The first-order valence-corrected chi connectivity index (χ1v) is 6.90. The number of benzene rings is 1. The van der Waals surface area contributed by atoms with Crippen molar-refractivity contribution in [1.29, 1.82) is 0 Å². The van der Waals surface area contributed by atoms with Gasteiger partial charge in [-0.2, -0.15) is 0 Å². The van der Waals surface area contributed by atoms with Gasteiger partial charge in [0.05, 0.1) is 0 Å². The summed E-state index contributed by atoms with van der Waals surface area (Å²) in [4.78, 5) is 11.8. The fraction of sp³-hybridized carbons (Fsp3) is 0.533. The van der Waals surface area contributed by atoms with Crippen molar-refractivity contribution in [3.8, 4) is 0 Å². The van der Waals surface area contributed by atoms with Gasteiger partial charge in [0.2, 0.25) is 0 Å². The number of fused-ring (bicyclic) bond motifs is 1. The van der Waals surface area contributed by atoms with Crippen LogP contribution in [0.3, 0.4) is 0 Å². The van der Waals surface area contributed by atoms with E-state index in [1.165, 1.54) is 19.3 Å². The van der Waals surface area contributed by atoms with Gasteiger partial charge in [0.1, 0.15) is 0 Å². The number of amides is 1. The second kappa shape index (κ2) is 4.73. The summed E-state index contributed by atoms with van der Waals surface area (Å²) in [7, 11) is 0. The predicted molar refractivity (Wildman–Crippen MR) is 71.4 cm³/mol. The maximum absolute atomic E-state index is 11.8. The Bertz CT molecular complexity index is 466. The Kier molecular flexibility index (Phi) is 3.08. The SMILES string of the molecule is NC(CC1CCC1)c1ccc2c(c1)C(=O)NCC2. The molecule has 3 heteroatoms. The molecule has 0 radical (unpaired) electrons. The van der Waals surface area contributed by atoms with Crippen molar-refractivity contribution in [2.45, 2.75) is 38.1 Å². The van der Waals surface area contributed by atoms with Crippen molar-refractivity contribution in [2.24, 2.45) is 11.7 Å². The minimum Gasteiger partial charge on any atom is -0.352 e. The molecule has 18 heavy (non-hydrogen) atoms. The second-order valence-corrected chi connectivity index (χ2v) is 5.56. The van der Waals surface area contributed by atoms with Gasteiger partial charge in [0, 0.05) is 18.2 Å². The molecule has 2 aliphatic rings. The summed E-state index contributed by atoms with van der Waals surface area (Å²) in [5, 5.41) is 2.89. The summed E-state index contributed by atoms with van der Waals surface area (Å²) in [6.45, 7) is 0.749. The summed E-state index contributed by atoms with van der Waals surface area (Å²) in [6, 6.07) is 6.24. The molecule has 1 saturated carbocycles. The van der Waals surface area contributed by atoms with Crippen LogP contribution in [0.2, 0.25) is 0 Å². The smallest absolute Gasteiger partial charge is 0.251 e. The predicted octanol–water partition coefficient (Wildman–Crippen LogP) is 2.16. The lowest BCUT2D eigenvalue weighted by Gasteiger charge is -2.28. The van der Waals surface area contributed by atoms with Crippen molar-refractivity contribution in [2.75, 3.05) is 6.54 Å². The molecule has 3 N–H and O–H groups in total. The number of hydrogen-bond donors (Lipinski definition) is 2. The maximum atomic E-state index is 11.8. The van der Waals surface area contributed by atoms with E-state index in [1.54, 1.807) is 0 Å². The molecule has 1 atom stereocenters. The summed E-state index contributed by atoms with van der Waals surface area (Å²) < 4.78 is 0. The molecule has 1 aromatic carbocycles. The Hall–Kier alpha value is -1.35. The molecule has 0 bridgehead atoms. The van der Waals surface area contributed by atoms with E-state index >= 15 is 0 Å². The van der Waals surface area contributed by atoms with E-state index in [0.717, 1.165) is 42.0 Å². The zero-order valence-electron chi connectivity index (χ0n) is 10.6. The largest absolute Gasteiger partial charge is 0.352 e. The van der Waals surface area contributed by atoms with Crippen LogP contribution >= 0.6 is 0 Å². The summed E-state index contributed by atoms with van der Waals surface area (Å²) in [6.07, 6.45) is 5.97. The van der Waals surface area contributed by atoms with E-state index in [0.29, 0.717) is 0 Å². The first-order valence-electron chi connectivity index (χ1n) is 6.90. The Balaban J connectivity index is 1.79. The molecule has 1 fully saturated rings. The molecule has 0 saturated heterocycles. The van der Waals surface area contributed by atoms with Crippen LogP contribution in [0, 0.1) is 5.92 Å². The van der Waals surface area contributed by atoms with Gasteiger partial charge >= 0.3 is 0 Å². The monoisotopic (exact) mass is 244 g/mol. The number of nitrogens with two attached hydrogens (primary N) is 1. The van der Waals surface area contributed by atoms with Gasteiger partial charge in [-0.3, -0.25) is 4.79 Å². The number of carbonyl (C=O) groups is 1. The lowest BCUT2D eigenvalue weighted by molar-refractivity contribution is 0.0946. The molecule has 0 spiro atoms. The third-order valence-electron chi connectivity index (χ3n) is 4.30. The number of hydrogen-bond acceptors (Lipinski definition) is 2. The molecular weight excluding hydrogens is 224 g/mol. The van der Waals surface area contributed by atoms with Crippen molar-refractivity contribution in [3.63, 3.8) is 0 Å². The molecule has 3 nitrogen and oxygen atoms in total. The zero-order valence-corrected chi connectivity index (χ0v) is 10.6. The Morgan fingerprint density at radius 1 is 1.39 bits per heavy atom. The van der Waals surface area contributed by atoms with Gasteiger partial charge < -0.3 is 11.1 Å². The van der Waals surface area contributed by atoms with Crippen LogP contribution in [0.1, 0.15) is 53.2 Å². The first-order chi connectivity index (χ1) is 8.74. The maximum Gasteiger partial charge on any atom is 0.251 e. The molecule has 1 unspecified atom stereocenters. The summed E-state index contributed by atoms with van der Waals surface area (Å²) >= 11 is 0. The van der Waals surface area contributed by atoms with Gasteiger partial charge in [-0.25, -0.2) is 0 Å². The number of nitrogens with one attached hydrogen (secondary N) is 1. The lowest BCUT2D eigenvalue weighted by Crippen LogP contribution is -2.32. The first kappa shape index (κ1) is 11.7. The normalized spacial score (nSPS) is 20.8. The molecule has 1 aromatic rings. The van der Waals surface area contributed by atoms with Gasteiger partial charge in [0.25, 0.3) is 5.91 Å². The highest BCUT2D eigenvalue weighted by molar-refractivity contribution is 5.96. The third kappa shape index (κ3) is 2.15. The van der Waals surface area contributed by atoms with Gasteiger partial charge in [-0.05, 0) is 36.0 Å². The van der Waals surface area contributed by atoms with Crippen LogP contribution in [0.4, 0.5) is 0 Å². The standard InChI is InChI=1S/C15H20N2O/c16-14(8-10-2-1-3-10)12-5-4-11-6-7-17-15(18)13(11)9-12/h4-5,9-10,14H,1-3,6-8,16H2,(H,17,18). The minimum atomic E-state index is 0.0499. The van der Waals surface area contributed by atoms with E-state index in [1.807, 2.05) is 6.07 Å². The summed E-state index contributed by atoms with van der Waals surface area (Å²) in [5.41, 5.74) is 9.33. The Morgan fingerprint density at radius 3 is 2.94 bits per heavy atom. The van der Waals surface area contributed by atoms with Crippen LogP contribution in [0.25, 0.3) is 0 Å². The van der Waals surface area contributed by atoms with Crippen LogP contribution in [0.5, 0.6) is 0 Å². The molecule has 0 aromatic heterocycles. The van der Waals surface area contributed by atoms with Gasteiger partial charge in [-0.15, -0.1) is 0 Å². The third-order valence-corrected chi connectivity index (χ3v) is 4.30. The van der Waals surface area contributed by atoms with Crippen LogP contribution in [-0.4, -0.2) is 12.5 Å². The van der Waals surface area contributed by atoms with Crippen molar-refractivity contribution >= 4 is 5.91 Å². The van der Waals surface area contributed by atoms with E-state index in [-0.39, 0.29) is 11.9 Å². The van der Waals surface area contributed by atoms with Gasteiger partial charge in [0.15, 0.2) is 0 Å². The van der Waals surface area contributed by atoms with Crippen molar-refractivity contribution < 1.29 is 4.79 Å². The molecular formula is C15H20N2O. The number of carbonyl (C=O) groups excluding carboxylic acids is 1.